The molecule has 3 N–H and O–H groups in total. The summed E-state index contributed by atoms with van der Waals surface area (Å²) in [4.78, 5) is 0. The second-order valence-electron chi connectivity index (χ2n) is 2.56. The van der Waals surface area contributed by atoms with E-state index in [1.54, 1.807) is 0 Å². The molecule has 0 spiro atoms. The van der Waals surface area contributed by atoms with Gasteiger partial charge in [0.2, 0.25) is 0 Å². The fourth-order valence-electron chi connectivity index (χ4n) is 1.29. The third-order valence-corrected chi connectivity index (χ3v) is 1.89. The van der Waals surface area contributed by atoms with E-state index in [9.17, 15) is 0 Å². The Labute approximate surface area is 60.3 Å². The summed E-state index contributed by atoms with van der Waals surface area (Å²) >= 11 is 0. The first-order valence-corrected chi connectivity index (χ1v) is 3.63. The second kappa shape index (κ2) is 2.81. The minimum atomic E-state index is 0.896. The van der Waals surface area contributed by atoms with Gasteiger partial charge < -0.3 is 5.32 Å². The predicted molar refractivity (Wildman–Crippen MR) is 37.4 cm³/mol. The summed E-state index contributed by atoms with van der Waals surface area (Å²) in [6.07, 6.45) is 0. The third kappa shape index (κ3) is 1.14. The van der Waals surface area contributed by atoms with Gasteiger partial charge in [0.05, 0.1) is 20.0 Å². The van der Waals surface area contributed by atoms with Crippen LogP contribution in [0.3, 0.4) is 0 Å². The first-order valence-electron chi connectivity index (χ1n) is 3.63. The smallest absolute Gasteiger partial charge is 0.0769 e. The average molecular weight is 143 g/mol. The van der Waals surface area contributed by atoms with Gasteiger partial charge in [-0.3, -0.25) is 0 Å². The number of hydrazine groups is 2. The van der Waals surface area contributed by atoms with Crippen LogP contribution in [0.4, 0.5) is 0 Å². The van der Waals surface area contributed by atoms with Gasteiger partial charge >= 0.3 is 0 Å². The molecule has 0 atom stereocenters. The van der Waals surface area contributed by atoms with Crippen LogP contribution < -0.4 is 16.2 Å². The Bertz CT molecular complexity index is 90.6. The molecular formula is C5H13N5. The third-order valence-electron chi connectivity index (χ3n) is 1.89. The van der Waals surface area contributed by atoms with Crippen molar-refractivity contribution in [3.05, 3.63) is 0 Å². The lowest BCUT2D eigenvalue weighted by molar-refractivity contribution is -0.0980. The Morgan fingerprint density at radius 3 is 2.50 bits per heavy atom. The first kappa shape index (κ1) is 6.51. The van der Waals surface area contributed by atoms with Gasteiger partial charge in [-0.2, -0.15) is 0 Å². The van der Waals surface area contributed by atoms with Crippen LogP contribution in [0.2, 0.25) is 0 Å². The van der Waals surface area contributed by atoms with Crippen molar-refractivity contribution in [1.29, 1.82) is 0 Å². The van der Waals surface area contributed by atoms with Gasteiger partial charge in [0.15, 0.2) is 0 Å². The number of hydrogen-bond donors (Lipinski definition) is 3. The zero-order valence-electron chi connectivity index (χ0n) is 5.93. The van der Waals surface area contributed by atoms with E-state index in [-0.39, 0.29) is 0 Å². The van der Waals surface area contributed by atoms with Crippen LogP contribution in [0.1, 0.15) is 0 Å². The van der Waals surface area contributed by atoms with Crippen LogP contribution in [0, 0.1) is 0 Å². The minimum absolute atomic E-state index is 0.896. The molecule has 0 aromatic rings. The molecule has 2 heterocycles. The molecule has 10 heavy (non-hydrogen) atoms. The van der Waals surface area contributed by atoms with E-state index in [0.29, 0.717) is 0 Å². The van der Waals surface area contributed by atoms with Crippen LogP contribution in [-0.2, 0) is 0 Å². The van der Waals surface area contributed by atoms with Crippen molar-refractivity contribution in [1.82, 2.24) is 26.2 Å². The Kier molecular flexibility index (Phi) is 1.83. The fraction of sp³-hybridized carbons (Fsp3) is 1.00. The van der Waals surface area contributed by atoms with E-state index in [1.807, 2.05) is 0 Å². The van der Waals surface area contributed by atoms with E-state index in [0.717, 1.165) is 33.1 Å². The lowest BCUT2D eigenvalue weighted by Gasteiger charge is -2.42. The first-order chi connectivity index (χ1) is 4.97. The molecule has 0 saturated carbocycles. The summed E-state index contributed by atoms with van der Waals surface area (Å²) in [5, 5.41) is 7.85. The molecule has 2 aliphatic heterocycles. The van der Waals surface area contributed by atoms with Gasteiger partial charge in [-0.25, -0.2) is 20.9 Å². The van der Waals surface area contributed by atoms with Crippen LogP contribution in [-0.4, -0.2) is 43.1 Å². The van der Waals surface area contributed by atoms with Crippen molar-refractivity contribution in [3.8, 4) is 0 Å². The lowest BCUT2D eigenvalue weighted by atomic mass is 10.5. The molecule has 0 amide bonds. The standard InChI is InChI=1S/C5H13N5/c1-2-9-4-7-8-5-10(9)3-6-1/h6-8H,1-5H2. The predicted octanol–water partition coefficient (Wildman–Crippen LogP) is -1.91. The lowest BCUT2D eigenvalue weighted by Crippen LogP contribution is -2.66. The molecule has 2 fully saturated rings. The molecule has 0 aromatic heterocycles. The maximum Gasteiger partial charge on any atom is 0.0769 e. The highest BCUT2D eigenvalue weighted by molar-refractivity contribution is 4.65. The Morgan fingerprint density at radius 2 is 1.70 bits per heavy atom. The number of nitrogens with zero attached hydrogens (tertiary/aromatic N) is 2. The summed E-state index contributed by atoms with van der Waals surface area (Å²) in [5.74, 6) is 0. The van der Waals surface area contributed by atoms with Crippen molar-refractivity contribution in [2.45, 2.75) is 0 Å². The van der Waals surface area contributed by atoms with E-state index < -0.39 is 0 Å². The highest BCUT2D eigenvalue weighted by Gasteiger charge is 2.20. The monoisotopic (exact) mass is 143 g/mol. The normalized spacial score (nSPS) is 30.0. The molecule has 5 nitrogen and oxygen atoms in total. The average Bonchev–Trinajstić information content (AvgIpc) is 2.05. The maximum atomic E-state index is 3.30. The molecule has 2 aliphatic rings. The summed E-state index contributed by atoms with van der Waals surface area (Å²) in [6, 6.07) is 0. The van der Waals surface area contributed by atoms with Gasteiger partial charge in [0.25, 0.3) is 0 Å². The van der Waals surface area contributed by atoms with Crippen molar-refractivity contribution in [3.63, 3.8) is 0 Å². The second-order valence-corrected chi connectivity index (χ2v) is 2.56. The van der Waals surface area contributed by atoms with Gasteiger partial charge in [-0.05, 0) is 0 Å². The molecule has 2 rings (SSSR count). The molecular weight excluding hydrogens is 130 g/mol. The van der Waals surface area contributed by atoms with Gasteiger partial charge in [0.1, 0.15) is 0 Å². The Hall–Kier alpha value is -0.200. The highest BCUT2D eigenvalue weighted by Crippen LogP contribution is 1.99. The van der Waals surface area contributed by atoms with Gasteiger partial charge in [-0.1, -0.05) is 0 Å². The van der Waals surface area contributed by atoms with Crippen molar-refractivity contribution < 1.29 is 0 Å². The Balaban J connectivity index is 1.93. The molecule has 0 aromatic carbocycles. The van der Waals surface area contributed by atoms with E-state index in [2.05, 4.69) is 26.2 Å². The quantitative estimate of drug-likeness (QED) is 0.369. The zero-order valence-corrected chi connectivity index (χ0v) is 5.93. The van der Waals surface area contributed by atoms with Crippen LogP contribution in [0.15, 0.2) is 0 Å². The highest BCUT2D eigenvalue weighted by atomic mass is 15.8. The van der Waals surface area contributed by atoms with E-state index >= 15 is 0 Å². The van der Waals surface area contributed by atoms with Crippen LogP contribution in [0.5, 0.6) is 0 Å². The molecule has 0 radical (unpaired) electrons. The van der Waals surface area contributed by atoms with E-state index in [4.69, 9.17) is 0 Å². The number of hydrogen-bond acceptors (Lipinski definition) is 5. The summed E-state index contributed by atoms with van der Waals surface area (Å²) in [6.45, 7) is 4.98. The maximum absolute atomic E-state index is 3.30. The van der Waals surface area contributed by atoms with Crippen LogP contribution >= 0.6 is 0 Å². The number of nitrogens with one attached hydrogen (secondary N) is 3. The van der Waals surface area contributed by atoms with Gasteiger partial charge in [-0.15, -0.1) is 0 Å². The van der Waals surface area contributed by atoms with E-state index in [1.165, 1.54) is 0 Å². The Morgan fingerprint density at radius 1 is 0.900 bits per heavy atom. The van der Waals surface area contributed by atoms with Crippen LogP contribution in [0.25, 0.3) is 0 Å². The molecule has 58 valence electrons. The van der Waals surface area contributed by atoms with Crippen molar-refractivity contribution in [2.24, 2.45) is 0 Å². The molecule has 0 bridgehead atoms. The van der Waals surface area contributed by atoms with Crippen molar-refractivity contribution >= 4 is 0 Å². The zero-order chi connectivity index (χ0) is 6.81. The summed E-state index contributed by atoms with van der Waals surface area (Å²) in [7, 11) is 0. The summed E-state index contributed by atoms with van der Waals surface area (Å²) in [5.41, 5.74) is 6.17. The molecule has 0 unspecified atom stereocenters. The van der Waals surface area contributed by atoms with Gasteiger partial charge in [0, 0.05) is 13.1 Å². The molecule has 5 heteroatoms. The number of fused-ring (bicyclic) bond motifs is 1. The summed E-state index contributed by atoms with van der Waals surface area (Å²) < 4.78 is 0. The minimum Gasteiger partial charge on any atom is -0.302 e. The van der Waals surface area contributed by atoms with Crippen molar-refractivity contribution in [2.75, 3.05) is 33.1 Å². The topological polar surface area (TPSA) is 42.6 Å². The fourth-order valence-corrected chi connectivity index (χ4v) is 1.29. The molecule has 2 saturated heterocycles. The SMILES string of the molecule is C1CN2CNNCN2CN1. The molecule has 0 aliphatic carbocycles. The largest absolute Gasteiger partial charge is 0.302 e. The number of rotatable bonds is 0.